The molecule has 6 heteroatoms. The van der Waals surface area contributed by atoms with Crippen molar-refractivity contribution < 1.29 is 19.1 Å². The van der Waals surface area contributed by atoms with Crippen LogP contribution in [0.3, 0.4) is 0 Å². The summed E-state index contributed by atoms with van der Waals surface area (Å²) in [4.78, 5) is 25.5. The summed E-state index contributed by atoms with van der Waals surface area (Å²) >= 11 is 0. The van der Waals surface area contributed by atoms with E-state index in [1.807, 2.05) is 24.3 Å². The molecule has 0 saturated heterocycles. The van der Waals surface area contributed by atoms with Crippen molar-refractivity contribution in [2.45, 2.75) is 32.2 Å². The van der Waals surface area contributed by atoms with Crippen LogP contribution in [0, 0.1) is 0 Å². The van der Waals surface area contributed by atoms with Crippen molar-refractivity contribution in [2.75, 3.05) is 12.1 Å². The fourth-order valence-corrected chi connectivity index (χ4v) is 4.23. The molecule has 1 aliphatic heterocycles. The average Bonchev–Trinajstić information content (AvgIpc) is 3.46. The summed E-state index contributed by atoms with van der Waals surface area (Å²) < 4.78 is 10.7. The molecular weight excluding hydrogens is 404 g/mol. The number of hydrogen-bond donors (Lipinski definition) is 2. The molecule has 1 aliphatic carbocycles. The Balaban J connectivity index is 1.23. The van der Waals surface area contributed by atoms with E-state index in [1.165, 1.54) is 17.5 Å². The number of benzene rings is 3. The molecule has 2 amide bonds. The van der Waals surface area contributed by atoms with Crippen molar-refractivity contribution >= 4 is 17.5 Å². The van der Waals surface area contributed by atoms with Crippen LogP contribution in [0.25, 0.3) is 0 Å². The number of rotatable bonds is 6. The molecule has 0 bridgehead atoms. The van der Waals surface area contributed by atoms with Crippen molar-refractivity contribution in [1.29, 1.82) is 0 Å². The number of aryl methyl sites for hydroxylation is 2. The van der Waals surface area contributed by atoms with Gasteiger partial charge in [0.05, 0.1) is 17.7 Å². The maximum absolute atomic E-state index is 12.8. The molecule has 0 unspecified atom stereocenters. The molecule has 2 aliphatic rings. The zero-order chi connectivity index (χ0) is 21.9. The smallest absolute Gasteiger partial charge is 0.253 e. The number of amides is 2. The summed E-state index contributed by atoms with van der Waals surface area (Å²) in [7, 11) is 0. The van der Waals surface area contributed by atoms with E-state index in [2.05, 4.69) is 22.8 Å². The first-order valence-electron chi connectivity index (χ1n) is 10.8. The van der Waals surface area contributed by atoms with E-state index in [4.69, 9.17) is 9.47 Å². The quantitative estimate of drug-likeness (QED) is 0.622. The molecule has 0 spiro atoms. The molecule has 0 atom stereocenters. The second-order valence-electron chi connectivity index (χ2n) is 8.10. The summed E-state index contributed by atoms with van der Waals surface area (Å²) in [5.74, 6) is 0.988. The summed E-state index contributed by atoms with van der Waals surface area (Å²) in [5, 5.41) is 5.81. The van der Waals surface area contributed by atoms with E-state index in [1.54, 1.807) is 24.3 Å². The first-order chi connectivity index (χ1) is 15.7. The van der Waals surface area contributed by atoms with Crippen LogP contribution in [0.1, 0.15) is 39.0 Å². The molecule has 0 fully saturated rings. The highest BCUT2D eigenvalue weighted by Gasteiger charge is 2.17. The van der Waals surface area contributed by atoms with E-state index >= 15 is 0 Å². The van der Waals surface area contributed by atoms with Crippen LogP contribution >= 0.6 is 0 Å². The van der Waals surface area contributed by atoms with Crippen LogP contribution in [-0.2, 0) is 30.6 Å². The standard InChI is InChI=1S/C26H24N2O4/c29-25(14-17-8-10-19-4-3-5-20(19)12-17)28-22-7-2-1-6-21(22)26(30)27-15-18-9-11-23-24(13-18)32-16-31-23/h1-2,6-13H,3-5,14-16H2,(H,27,30)(H,28,29). The lowest BCUT2D eigenvalue weighted by atomic mass is 10.0. The van der Waals surface area contributed by atoms with Crippen molar-refractivity contribution in [1.82, 2.24) is 5.32 Å². The van der Waals surface area contributed by atoms with Gasteiger partial charge in [-0.25, -0.2) is 0 Å². The van der Waals surface area contributed by atoms with Crippen molar-refractivity contribution in [3.8, 4) is 11.5 Å². The SMILES string of the molecule is O=C(Cc1ccc2c(c1)CCC2)Nc1ccccc1C(=O)NCc1ccc2c(c1)OCO2. The predicted octanol–water partition coefficient (Wildman–Crippen LogP) is 4.02. The number of carbonyl (C=O) groups excluding carboxylic acids is 2. The Kier molecular flexibility index (Phi) is 5.50. The van der Waals surface area contributed by atoms with E-state index in [0.29, 0.717) is 29.3 Å². The van der Waals surface area contributed by atoms with Crippen molar-refractivity contribution in [2.24, 2.45) is 0 Å². The highest BCUT2D eigenvalue weighted by atomic mass is 16.7. The Morgan fingerprint density at radius 2 is 1.66 bits per heavy atom. The fourth-order valence-electron chi connectivity index (χ4n) is 4.23. The van der Waals surface area contributed by atoms with Gasteiger partial charge in [-0.2, -0.15) is 0 Å². The van der Waals surface area contributed by atoms with Gasteiger partial charge in [0.1, 0.15) is 0 Å². The van der Waals surface area contributed by atoms with Crippen LogP contribution in [0.5, 0.6) is 11.5 Å². The third kappa shape index (κ3) is 4.30. The maximum atomic E-state index is 12.8. The Bertz CT molecular complexity index is 1190. The number of nitrogens with one attached hydrogen (secondary N) is 2. The maximum Gasteiger partial charge on any atom is 0.253 e. The lowest BCUT2D eigenvalue weighted by molar-refractivity contribution is -0.115. The monoisotopic (exact) mass is 428 g/mol. The molecule has 1 heterocycles. The molecule has 0 aromatic heterocycles. The largest absolute Gasteiger partial charge is 0.454 e. The third-order valence-electron chi connectivity index (χ3n) is 5.86. The Morgan fingerprint density at radius 3 is 2.59 bits per heavy atom. The van der Waals surface area contributed by atoms with E-state index in [9.17, 15) is 9.59 Å². The van der Waals surface area contributed by atoms with Crippen LogP contribution in [-0.4, -0.2) is 18.6 Å². The zero-order valence-corrected chi connectivity index (χ0v) is 17.6. The van der Waals surface area contributed by atoms with E-state index in [0.717, 1.165) is 24.0 Å². The van der Waals surface area contributed by atoms with Gasteiger partial charge in [-0.15, -0.1) is 0 Å². The molecular formula is C26H24N2O4. The van der Waals surface area contributed by atoms with Gasteiger partial charge in [0, 0.05) is 6.54 Å². The van der Waals surface area contributed by atoms with Crippen molar-refractivity contribution in [3.05, 3.63) is 88.5 Å². The van der Waals surface area contributed by atoms with Gasteiger partial charge >= 0.3 is 0 Å². The fraction of sp³-hybridized carbons (Fsp3) is 0.231. The highest BCUT2D eigenvalue weighted by molar-refractivity contribution is 6.04. The van der Waals surface area contributed by atoms with E-state index in [-0.39, 0.29) is 25.0 Å². The third-order valence-corrected chi connectivity index (χ3v) is 5.86. The first kappa shape index (κ1) is 20.1. The molecule has 6 nitrogen and oxygen atoms in total. The van der Waals surface area contributed by atoms with Gasteiger partial charge in [0.15, 0.2) is 11.5 Å². The minimum atomic E-state index is -0.254. The number of ether oxygens (including phenoxy) is 2. The zero-order valence-electron chi connectivity index (χ0n) is 17.6. The van der Waals surface area contributed by atoms with Gasteiger partial charge < -0.3 is 20.1 Å². The topological polar surface area (TPSA) is 76.7 Å². The predicted molar refractivity (Wildman–Crippen MR) is 121 cm³/mol. The second-order valence-corrected chi connectivity index (χ2v) is 8.10. The molecule has 5 rings (SSSR count). The van der Waals surface area contributed by atoms with E-state index < -0.39 is 0 Å². The average molecular weight is 428 g/mol. The molecule has 32 heavy (non-hydrogen) atoms. The number of para-hydroxylation sites is 1. The van der Waals surface area contributed by atoms with Gasteiger partial charge in [-0.3, -0.25) is 9.59 Å². The van der Waals surface area contributed by atoms with Gasteiger partial charge in [-0.1, -0.05) is 36.4 Å². The second kappa shape index (κ2) is 8.75. The molecule has 3 aromatic rings. The van der Waals surface area contributed by atoms with Crippen LogP contribution in [0.2, 0.25) is 0 Å². The summed E-state index contributed by atoms with van der Waals surface area (Å²) in [6.45, 7) is 0.552. The summed E-state index contributed by atoms with van der Waals surface area (Å²) in [6, 6.07) is 18.9. The minimum Gasteiger partial charge on any atom is -0.454 e. The first-order valence-corrected chi connectivity index (χ1v) is 10.8. The minimum absolute atomic E-state index is 0.140. The van der Waals surface area contributed by atoms with Crippen LogP contribution in [0.4, 0.5) is 5.69 Å². The van der Waals surface area contributed by atoms with Crippen molar-refractivity contribution in [3.63, 3.8) is 0 Å². The number of carbonyl (C=O) groups is 2. The molecule has 2 N–H and O–H groups in total. The normalized spacial score (nSPS) is 13.5. The van der Waals surface area contributed by atoms with Crippen LogP contribution < -0.4 is 20.1 Å². The molecule has 3 aromatic carbocycles. The lowest BCUT2D eigenvalue weighted by Gasteiger charge is -2.12. The molecule has 162 valence electrons. The molecule has 0 radical (unpaired) electrons. The Hall–Kier alpha value is -3.80. The van der Waals surface area contributed by atoms with Gasteiger partial charge in [-0.05, 0) is 65.8 Å². The summed E-state index contributed by atoms with van der Waals surface area (Å²) in [6.07, 6.45) is 3.66. The Morgan fingerprint density at radius 1 is 0.844 bits per heavy atom. The van der Waals surface area contributed by atoms with Gasteiger partial charge in [0.25, 0.3) is 5.91 Å². The Labute approximate surface area is 186 Å². The van der Waals surface area contributed by atoms with Gasteiger partial charge in [0.2, 0.25) is 12.7 Å². The highest BCUT2D eigenvalue weighted by Crippen LogP contribution is 2.32. The number of fused-ring (bicyclic) bond motifs is 2. The summed E-state index contributed by atoms with van der Waals surface area (Å²) in [5.41, 5.74) is 5.56. The number of hydrogen-bond acceptors (Lipinski definition) is 4. The van der Waals surface area contributed by atoms with Crippen LogP contribution in [0.15, 0.2) is 60.7 Å². The molecule has 0 saturated carbocycles. The lowest BCUT2D eigenvalue weighted by Crippen LogP contribution is -2.25. The number of anilines is 1.